The van der Waals surface area contributed by atoms with Crippen molar-refractivity contribution in [3.63, 3.8) is 0 Å². The Bertz CT molecular complexity index is 849. The number of hydrogen-bond acceptors (Lipinski definition) is 5. The molecule has 0 saturated heterocycles. The van der Waals surface area contributed by atoms with Crippen molar-refractivity contribution in [1.82, 2.24) is 5.32 Å². The van der Waals surface area contributed by atoms with Gasteiger partial charge in [0.25, 0.3) is 0 Å². The Kier molecular flexibility index (Phi) is 30.8. The van der Waals surface area contributed by atoms with E-state index < -0.39 is 12.0 Å². The molecule has 0 aromatic carbocycles. The van der Waals surface area contributed by atoms with Gasteiger partial charge in [0.15, 0.2) is 0 Å². The van der Waals surface area contributed by atoms with Crippen LogP contribution in [0.2, 0.25) is 0 Å². The van der Waals surface area contributed by atoms with Crippen LogP contribution in [-0.4, -0.2) is 41.6 Å². The van der Waals surface area contributed by atoms with Crippen LogP contribution in [-0.2, 0) is 19.1 Å². The fourth-order valence-electron chi connectivity index (χ4n) is 4.83. The molecule has 0 radical (unpaired) electrons. The number of ether oxygens (including phenoxy) is 1. The largest absolute Gasteiger partial charge is 0.480 e. The van der Waals surface area contributed by atoms with E-state index in [1.54, 1.807) is 0 Å². The number of allylic oxidation sites excluding steroid dienone is 7. The summed E-state index contributed by atoms with van der Waals surface area (Å²) in [5.74, 6) is -1.38. The average Bonchev–Trinajstić information content (AvgIpc) is 3.02. The Labute approximate surface area is 275 Å². The Morgan fingerprint density at radius 3 is 1.93 bits per heavy atom. The third-order valence-corrected chi connectivity index (χ3v) is 7.58. The molecule has 0 rings (SSSR count). The molecule has 2 atom stereocenters. The van der Waals surface area contributed by atoms with Gasteiger partial charge in [0.2, 0.25) is 5.91 Å². The van der Waals surface area contributed by atoms with Crippen molar-refractivity contribution in [1.29, 1.82) is 0 Å². The maximum Gasteiger partial charge on any atom is 0.326 e. The first kappa shape index (κ1) is 42.3. The number of hydrogen-bond donors (Lipinski definition) is 3. The van der Waals surface area contributed by atoms with Crippen molar-refractivity contribution < 1.29 is 24.2 Å². The lowest BCUT2D eigenvalue weighted by atomic mass is 10.1. The first-order valence-electron chi connectivity index (χ1n) is 18.0. The van der Waals surface area contributed by atoms with E-state index in [4.69, 9.17) is 10.5 Å². The summed E-state index contributed by atoms with van der Waals surface area (Å²) in [6, 6.07) is -0.875. The van der Waals surface area contributed by atoms with Crippen molar-refractivity contribution in [2.75, 3.05) is 6.54 Å². The third-order valence-electron chi connectivity index (χ3n) is 7.58. The zero-order valence-electron chi connectivity index (χ0n) is 28.7. The van der Waals surface area contributed by atoms with E-state index in [-0.39, 0.29) is 18.0 Å². The van der Waals surface area contributed by atoms with E-state index in [9.17, 15) is 19.5 Å². The molecule has 0 fully saturated rings. The molecule has 0 spiro atoms. The highest BCUT2D eigenvalue weighted by Crippen LogP contribution is 2.14. The number of carboxylic acids is 1. The van der Waals surface area contributed by atoms with Crippen LogP contribution in [0.3, 0.4) is 0 Å². The second-order valence-corrected chi connectivity index (χ2v) is 11.9. The fourth-order valence-corrected chi connectivity index (χ4v) is 4.83. The zero-order valence-corrected chi connectivity index (χ0v) is 28.7. The molecule has 0 bridgehead atoms. The van der Waals surface area contributed by atoms with Crippen LogP contribution in [0.25, 0.3) is 0 Å². The van der Waals surface area contributed by atoms with Crippen molar-refractivity contribution in [2.45, 2.75) is 167 Å². The molecule has 0 aliphatic rings. The molecule has 0 heterocycles. The van der Waals surface area contributed by atoms with Gasteiger partial charge in [-0.05, 0) is 89.7 Å². The molecule has 7 heteroatoms. The molecule has 0 aromatic rings. The summed E-state index contributed by atoms with van der Waals surface area (Å²) >= 11 is 0. The molecule has 0 saturated carbocycles. The topological polar surface area (TPSA) is 119 Å². The van der Waals surface area contributed by atoms with Gasteiger partial charge in [0, 0.05) is 12.8 Å². The summed E-state index contributed by atoms with van der Waals surface area (Å²) in [6.07, 6.45) is 37.4. The normalized spacial score (nSPS) is 13.3. The predicted molar refractivity (Wildman–Crippen MR) is 188 cm³/mol. The number of esters is 1. The van der Waals surface area contributed by atoms with Crippen LogP contribution < -0.4 is 11.1 Å². The quantitative estimate of drug-likeness (QED) is 0.0399. The number of rotatable bonds is 31. The van der Waals surface area contributed by atoms with Crippen LogP contribution in [0.15, 0.2) is 48.6 Å². The number of unbranched alkanes of at least 4 members (excludes halogenated alkanes) is 11. The highest BCUT2D eigenvalue weighted by molar-refractivity contribution is 5.83. The van der Waals surface area contributed by atoms with Gasteiger partial charge in [-0.25, -0.2) is 4.79 Å². The molecule has 0 aliphatic carbocycles. The number of carbonyl (C=O) groups excluding carboxylic acids is 2. The van der Waals surface area contributed by atoms with E-state index in [2.05, 4.69) is 61.7 Å². The minimum atomic E-state index is -1.02. The highest BCUT2D eigenvalue weighted by atomic mass is 16.5. The van der Waals surface area contributed by atoms with E-state index >= 15 is 0 Å². The fraction of sp³-hybridized carbons (Fsp3) is 0.711. The van der Waals surface area contributed by atoms with E-state index in [0.29, 0.717) is 38.6 Å². The Morgan fingerprint density at radius 1 is 0.667 bits per heavy atom. The van der Waals surface area contributed by atoms with Gasteiger partial charge in [-0.3, -0.25) is 9.59 Å². The summed E-state index contributed by atoms with van der Waals surface area (Å²) in [5, 5.41) is 11.9. The van der Waals surface area contributed by atoms with Gasteiger partial charge in [0.1, 0.15) is 12.1 Å². The summed E-state index contributed by atoms with van der Waals surface area (Å²) in [7, 11) is 0. The molecule has 45 heavy (non-hydrogen) atoms. The van der Waals surface area contributed by atoms with Crippen molar-refractivity contribution in [2.24, 2.45) is 5.73 Å². The first-order chi connectivity index (χ1) is 21.9. The molecule has 0 aromatic heterocycles. The molecule has 2 unspecified atom stereocenters. The number of carbonyl (C=O) groups is 3. The van der Waals surface area contributed by atoms with Crippen molar-refractivity contribution >= 4 is 17.8 Å². The molecular weight excluding hydrogens is 564 g/mol. The standard InChI is InChI=1S/C38H66N2O5/c1-3-5-7-9-11-12-13-14-15-16-18-20-26-32-37(42)45-34(28-23-19-17-10-8-6-4-2)29-24-21-22-25-31-36(41)40-35(38(43)44)30-27-33-39/h7,9-10,12-13,17,23,28,34-35H,3-6,8,11,14-16,18-22,24-27,29-33,39H2,1-2H3,(H,40,41)(H,43,44)/b9-7-,13-12-,17-10-,28-23-. The Morgan fingerprint density at radius 2 is 1.27 bits per heavy atom. The van der Waals surface area contributed by atoms with Crippen molar-refractivity contribution in [3.05, 3.63) is 48.6 Å². The minimum Gasteiger partial charge on any atom is -0.480 e. The van der Waals surface area contributed by atoms with Gasteiger partial charge in [0.05, 0.1) is 0 Å². The average molecular weight is 631 g/mol. The van der Waals surface area contributed by atoms with Gasteiger partial charge in [-0.1, -0.05) is 108 Å². The number of amides is 1. The summed E-state index contributed by atoms with van der Waals surface area (Å²) in [6.45, 7) is 4.78. The van der Waals surface area contributed by atoms with Crippen LogP contribution in [0.5, 0.6) is 0 Å². The van der Waals surface area contributed by atoms with Gasteiger partial charge in [-0.15, -0.1) is 0 Å². The first-order valence-corrected chi connectivity index (χ1v) is 18.0. The minimum absolute atomic E-state index is 0.124. The van der Waals surface area contributed by atoms with Crippen LogP contribution >= 0.6 is 0 Å². The SMILES string of the molecule is CCC/C=C\C/C=C\CCCCCCCC(=O)OC(/C=C\C/C=C\CCCC)CCCCCCC(=O)NC(CCCN)C(=O)O. The maximum atomic E-state index is 12.6. The molecule has 7 nitrogen and oxygen atoms in total. The lowest BCUT2D eigenvalue weighted by Crippen LogP contribution is -2.40. The van der Waals surface area contributed by atoms with Gasteiger partial charge >= 0.3 is 11.9 Å². The molecular formula is C38H66N2O5. The van der Waals surface area contributed by atoms with Crippen LogP contribution in [0.1, 0.15) is 155 Å². The lowest BCUT2D eigenvalue weighted by molar-refractivity contribution is -0.147. The monoisotopic (exact) mass is 630 g/mol. The summed E-state index contributed by atoms with van der Waals surface area (Å²) in [5.41, 5.74) is 5.46. The lowest BCUT2D eigenvalue weighted by Gasteiger charge is -2.15. The highest BCUT2D eigenvalue weighted by Gasteiger charge is 2.18. The van der Waals surface area contributed by atoms with Gasteiger partial charge in [-0.2, -0.15) is 0 Å². The molecule has 258 valence electrons. The summed E-state index contributed by atoms with van der Waals surface area (Å²) in [4.78, 5) is 36.1. The third kappa shape index (κ3) is 29.8. The Hall–Kier alpha value is -2.67. The molecule has 1 amide bonds. The van der Waals surface area contributed by atoms with Crippen LogP contribution in [0, 0.1) is 0 Å². The second kappa shape index (κ2) is 32.7. The molecule has 4 N–H and O–H groups in total. The number of aliphatic carboxylic acids is 1. The second-order valence-electron chi connectivity index (χ2n) is 11.9. The Balaban J connectivity index is 4.37. The van der Waals surface area contributed by atoms with E-state index in [1.165, 1.54) is 32.1 Å². The number of carboxylic acid groups (broad SMARTS) is 1. The van der Waals surface area contributed by atoms with Crippen molar-refractivity contribution in [3.8, 4) is 0 Å². The smallest absolute Gasteiger partial charge is 0.326 e. The van der Waals surface area contributed by atoms with Gasteiger partial charge < -0.3 is 20.9 Å². The van der Waals surface area contributed by atoms with E-state index in [0.717, 1.165) is 77.0 Å². The summed E-state index contributed by atoms with van der Waals surface area (Å²) < 4.78 is 5.85. The number of nitrogens with two attached hydrogens (primary N) is 1. The predicted octanol–water partition coefficient (Wildman–Crippen LogP) is 9.27. The molecule has 0 aliphatic heterocycles. The van der Waals surface area contributed by atoms with Crippen LogP contribution in [0.4, 0.5) is 0 Å². The number of nitrogens with one attached hydrogen (secondary N) is 1. The zero-order chi connectivity index (χ0) is 33.2. The maximum absolute atomic E-state index is 12.6. The van der Waals surface area contributed by atoms with E-state index in [1.807, 2.05) is 6.08 Å².